The quantitative estimate of drug-likeness (QED) is 0.906. The predicted octanol–water partition coefficient (Wildman–Crippen LogP) is 4.42. The smallest absolute Gasteiger partial charge is 0.189 e. The normalized spacial score (nSPS) is 11.7. The molecule has 0 aliphatic carbocycles. The molecule has 0 bridgehead atoms. The Balaban J connectivity index is 2.13. The summed E-state index contributed by atoms with van der Waals surface area (Å²) in [6, 6.07) is 6.58. The lowest BCUT2D eigenvalue weighted by atomic mass is 10.1. The second kappa shape index (κ2) is 6.16. The zero-order valence-corrected chi connectivity index (χ0v) is 14.6. The maximum Gasteiger partial charge on any atom is 0.189 e. The summed E-state index contributed by atoms with van der Waals surface area (Å²) in [7, 11) is 2.08. The molecule has 0 saturated carbocycles. The fourth-order valence-electron chi connectivity index (χ4n) is 2.14. The highest BCUT2D eigenvalue weighted by atomic mass is 32.1. The fourth-order valence-corrected chi connectivity index (χ4v) is 2.97. The van der Waals surface area contributed by atoms with Crippen LogP contribution in [0.5, 0.6) is 0 Å². The molecule has 0 atom stereocenters. The zero-order chi connectivity index (χ0) is 15.6. The van der Waals surface area contributed by atoms with Crippen LogP contribution in [0.25, 0.3) is 0 Å². The summed E-state index contributed by atoms with van der Waals surface area (Å²) in [5.41, 5.74) is 3.88. The zero-order valence-electron chi connectivity index (χ0n) is 13.8. The monoisotopic (exact) mass is 303 g/mol. The summed E-state index contributed by atoms with van der Waals surface area (Å²) in [5, 5.41) is 4.53. The Morgan fingerprint density at radius 3 is 2.33 bits per heavy atom. The van der Waals surface area contributed by atoms with Gasteiger partial charge in [-0.2, -0.15) is 0 Å². The van der Waals surface area contributed by atoms with E-state index in [1.165, 1.54) is 21.7 Å². The van der Waals surface area contributed by atoms with Gasteiger partial charge in [-0.25, -0.2) is 4.98 Å². The van der Waals surface area contributed by atoms with E-state index in [2.05, 4.69) is 75.1 Å². The lowest BCUT2D eigenvalue weighted by Gasteiger charge is -2.19. The molecule has 1 N–H and O–H groups in total. The Hall–Kier alpha value is -1.39. The summed E-state index contributed by atoms with van der Waals surface area (Å²) in [4.78, 5) is 7.98. The molecule has 1 heterocycles. The van der Waals surface area contributed by atoms with E-state index in [0.717, 1.165) is 11.7 Å². The van der Waals surface area contributed by atoms with E-state index >= 15 is 0 Å². The predicted molar refractivity (Wildman–Crippen MR) is 92.7 cm³/mol. The van der Waals surface area contributed by atoms with E-state index in [9.17, 15) is 0 Å². The first kappa shape index (κ1) is 16.0. The number of anilines is 2. The Bertz CT molecular complexity index is 590. The number of nitrogens with zero attached hydrogens (tertiary/aromatic N) is 2. The van der Waals surface area contributed by atoms with Gasteiger partial charge in [0.15, 0.2) is 5.13 Å². The average Bonchev–Trinajstić information content (AvgIpc) is 2.82. The highest BCUT2D eigenvalue weighted by Gasteiger charge is 2.12. The van der Waals surface area contributed by atoms with Crippen molar-refractivity contribution in [2.45, 2.75) is 46.7 Å². The molecule has 3 nitrogen and oxygen atoms in total. The molecule has 2 rings (SSSR count). The van der Waals surface area contributed by atoms with Crippen LogP contribution in [0.2, 0.25) is 0 Å². The minimum absolute atomic E-state index is 0.129. The van der Waals surface area contributed by atoms with Crippen LogP contribution in [0.15, 0.2) is 24.4 Å². The largest absolute Gasteiger partial charge is 0.321 e. The highest BCUT2D eigenvalue weighted by Crippen LogP contribution is 2.29. The molecule has 4 heteroatoms. The Kier molecular flexibility index (Phi) is 4.69. The molecular formula is C17H25N3S. The summed E-state index contributed by atoms with van der Waals surface area (Å²) < 4.78 is 0. The molecule has 2 aromatic rings. The molecule has 0 spiro atoms. The van der Waals surface area contributed by atoms with Crippen molar-refractivity contribution < 1.29 is 0 Å². The van der Waals surface area contributed by atoms with Crippen LogP contribution in [0.3, 0.4) is 0 Å². The summed E-state index contributed by atoms with van der Waals surface area (Å²) in [6.07, 6.45) is 1.97. The maximum atomic E-state index is 4.56. The van der Waals surface area contributed by atoms with Crippen molar-refractivity contribution >= 4 is 22.2 Å². The van der Waals surface area contributed by atoms with Gasteiger partial charge in [-0.15, -0.1) is 11.3 Å². The molecular weight excluding hydrogens is 278 g/mol. The third-order valence-electron chi connectivity index (χ3n) is 3.21. The molecule has 0 amide bonds. The molecule has 114 valence electrons. The molecule has 0 saturated heterocycles. The van der Waals surface area contributed by atoms with Gasteiger partial charge < -0.3 is 10.2 Å². The highest BCUT2D eigenvalue weighted by molar-refractivity contribution is 7.15. The number of nitrogens with one attached hydrogen (secondary N) is 1. The van der Waals surface area contributed by atoms with Crippen LogP contribution in [0.1, 0.15) is 36.8 Å². The molecule has 1 aromatic carbocycles. The molecule has 0 fully saturated rings. The summed E-state index contributed by atoms with van der Waals surface area (Å²) in [6.45, 7) is 11.7. The van der Waals surface area contributed by atoms with Crippen molar-refractivity contribution in [3.8, 4) is 0 Å². The fraction of sp³-hybridized carbons (Fsp3) is 0.471. The van der Waals surface area contributed by atoms with Crippen molar-refractivity contribution in [1.29, 1.82) is 0 Å². The van der Waals surface area contributed by atoms with Crippen LogP contribution >= 0.6 is 11.3 Å². The number of hydrogen-bond donors (Lipinski definition) is 1. The molecule has 0 aliphatic heterocycles. The van der Waals surface area contributed by atoms with Crippen LogP contribution in [0, 0.1) is 13.8 Å². The lowest BCUT2D eigenvalue weighted by Crippen LogP contribution is -2.34. The van der Waals surface area contributed by atoms with E-state index in [1.54, 1.807) is 11.3 Å². The van der Waals surface area contributed by atoms with Gasteiger partial charge in [0.1, 0.15) is 0 Å². The van der Waals surface area contributed by atoms with Crippen LogP contribution < -0.4 is 10.2 Å². The standard InChI is InChI=1S/C17H25N3S/c1-12-7-13(2)9-14(8-12)20(6)16-18-10-15(21-16)11-19-17(3,4)5/h7-10,19H,11H2,1-6H3. The SMILES string of the molecule is Cc1cc(C)cc(N(C)c2ncc(CNC(C)(C)C)s2)c1. The van der Waals surface area contributed by atoms with E-state index in [1.807, 2.05) is 6.20 Å². The Morgan fingerprint density at radius 2 is 1.76 bits per heavy atom. The van der Waals surface area contributed by atoms with Gasteiger partial charge in [0.25, 0.3) is 0 Å². The van der Waals surface area contributed by atoms with Gasteiger partial charge in [-0.3, -0.25) is 0 Å². The van der Waals surface area contributed by atoms with Gasteiger partial charge >= 0.3 is 0 Å². The van der Waals surface area contributed by atoms with Gasteiger partial charge in [-0.1, -0.05) is 6.07 Å². The van der Waals surface area contributed by atoms with Crippen molar-refractivity contribution in [3.63, 3.8) is 0 Å². The van der Waals surface area contributed by atoms with Crippen LogP contribution in [-0.2, 0) is 6.54 Å². The summed E-state index contributed by atoms with van der Waals surface area (Å²) >= 11 is 1.74. The molecule has 21 heavy (non-hydrogen) atoms. The minimum Gasteiger partial charge on any atom is -0.321 e. The first-order valence-electron chi connectivity index (χ1n) is 7.26. The number of rotatable bonds is 4. The van der Waals surface area contributed by atoms with Crippen LogP contribution in [0.4, 0.5) is 10.8 Å². The third-order valence-corrected chi connectivity index (χ3v) is 4.29. The molecule has 0 radical (unpaired) electrons. The maximum absolute atomic E-state index is 4.56. The van der Waals surface area contributed by atoms with E-state index in [0.29, 0.717) is 0 Å². The van der Waals surface area contributed by atoms with Gasteiger partial charge in [0, 0.05) is 35.9 Å². The first-order chi connectivity index (χ1) is 9.74. The third kappa shape index (κ3) is 4.55. The first-order valence-corrected chi connectivity index (χ1v) is 8.08. The summed E-state index contributed by atoms with van der Waals surface area (Å²) in [5.74, 6) is 0. The number of thiazole rings is 1. The number of hydrogen-bond acceptors (Lipinski definition) is 4. The van der Waals surface area contributed by atoms with Crippen molar-refractivity contribution in [2.75, 3.05) is 11.9 Å². The second-order valence-electron chi connectivity index (χ2n) is 6.62. The molecule has 0 unspecified atom stereocenters. The topological polar surface area (TPSA) is 28.2 Å². The van der Waals surface area contributed by atoms with E-state index in [-0.39, 0.29) is 5.54 Å². The Labute approximate surface area is 132 Å². The van der Waals surface area contributed by atoms with Crippen molar-refractivity contribution in [1.82, 2.24) is 10.3 Å². The molecule has 0 aliphatic rings. The number of aryl methyl sites for hydroxylation is 2. The van der Waals surface area contributed by atoms with Crippen LogP contribution in [-0.4, -0.2) is 17.6 Å². The van der Waals surface area contributed by atoms with Crippen molar-refractivity contribution in [2.24, 2.45) is 0 Å². The van der Waals surface area contributed by atoms with Gasteiger partial charge in [0.05, 0.1) is 0 Å². The lowest BCUT2D eigenvalue weighted by molar-refractivity contribution is 0.426. The van der Waals surface area contributed by atoms with Gasteiger partial charge in [-0.05, 0) is 57.9 Å². The minimum atomic E-state index is 0.129. The van der Waals surface area contributed by atoms with Gasteiger partial charge in [0.2, 0.25) is 0 Å². The van der Waals surface area contributed by atoms with E-state index in [4.69, 9.17) is 0 Å². The Morgan fingerprint density at radius 1 is 1.14 bits per heavy atom. The number of aromatic nitrogens is 1. The molecule has 1 aromatic heterocycles. The van der Waals surface area contributed by atoms with E-state index < -0.39 is 0 Å². The second-order valence-corrected chi connectivity index (χ2v) is 7.71. The van der Waals surface area contributed by atoms with Crippen molar-refractivity contribution in [3.05, 3.63) is 40.4 Å². The average molecular weight is 303 g/mol. The number of benzene rings is 1.